The summed E-state index contributed by atoms with van der Waals surface area (Å²) in [5.41, 5.74) is 3.62. The molecule has 0 fully saturated rings. The lowest BCUT2D eigenvalue weighted by atomic mass is 9.94. The highest BCUT2D eigenvalue weighted by atomic mass is 16.1. The van der Waals surface area contributed by atoms with Gasteiger partial charge in [0.25, 0.3) is 0 Å². The van der Waals surface area contributed by atoms with Crippen LogP contribution < -0.4 is 5.32 Å². The number of nitrogens with zero attached hydrogens (tertiary/aromatic N) is 1. The molecule has 1 unspecified atom stereocenters. The lowest BCUT2D eigenvalue weighted by Gasteiger charge is -2.14. The quantitative estimate of drug-likeness (QED) is 0.884. The smallest absolute Gasteiger partial charge is 0.233 e. The lowest BCUT2D eigenvalue weighted by molar-refractivity contribution is -0.118. The van der Waals surface area contributed by atoms with Crippen LogP contribution in [-0.4, -0.2) is 11.6 Å². The van der Waals surface area contributed by atoms with E-state index in [1.807, 2.05) is 61.5 Å². The molecule has 1 aliphatic heterocycles. The molecule has 1 atom stereocenters. The van der Waals surface area contributed by atoms with Crippen molar-refractivity contribution in [1.82, 2.24) is 0 Å². The van der Waals surface area contributed by atoms with E-state index >= 15 is 0 Å². The average molecular weight is 264 g/mol. The summed E-state index contributed by atoms with van der Waals surface area (Å²) in [6, 6.07) is 17.7. The monoisotopic (exact) mass is 264 g/mol. The van der Waals surface area contributed by atoms with Crippen LogP contribution in [0.1, 0.15) is 12.5 Å². The highest BCUT2D eigenvalue weighted by molar-refractivity contribution is 6.12. The molecule has 100 valence electrons. The second kappa shape index (κ2) is 5.29. The summed E-state index contributed by atoms with van der Waals surface area (Å²) in [6.07, 6.45) is 0.677. The van der Waals surface area contributed by atoms with Crippen LogP contribution in [0.2, 0.25) is 0 Å². The SMILES string of the molecule is CC1=Nc2ccccc2NC(=O)C1Cc1ccccc1. The molecule has 0 saturated heterocycles. The molecule has 0 aromatic heterocycles. The second-order valence-corrected chi connectivity index (χ2v) is 5.00. The van der Waals surface area contributed by atoms with Gasteiger partial charge in [-0.3, -0.25) is 9.79 Å². The molecule has 1 aliphatic rings. The molecule has 20 heavy (non-hydrogen) atoms. The Morgan fingerprint density at radius 1 is 1.05 bits per heavy atom. The van der Waals surface area contributed by atoms with Crippen LogP contribution in [0, 0.1) is 5.92 Å². The molecule has 2 aromatic rings. The molecule has 3 heteroatoms. The molecular formula is C17H16N2O. The zero-order valence-corrected chi connectivity index (χ0v) is 11.3. The van der Waals surface area contributed by atoms with Gasteiger partial charge >= 0.3 is 0 Å². The minimum atomic E-state index is -0.218. The molecule has 0 bridgehead atoms. The van der Waals surface area contributed by atoms with Gasteiger partial charge in [-0.15, -0.1) is 0 Å². The van der Waals surface area contributed by atoms with Crippen molar-refractivity contribution in [3.05, 3.63) is 60.2 Å². The molecule has 0 aliphatic carbocycles. The molecule has 0 saturated carbocycles. The molecule has 0 spiro atoms. The van der Waals surface area contributed by atoms with E-state index in [1.165, 1.54) is 0 Å². The van der Waals surface area contributed by atoms with Crippen molar-refractivity contribution in [3.63, 3.8) is 0 Å². The Bertz CT molecular complexity index is 662. The van der Waals surface area contributed by atoms with E-state index in [4.69, 9.17) is 0 Å². The summed E-state index contributed by atoms with van der Waals surface area (Å²) in [4.78, 5) is 17.0. The van der Waals surface area contributed by atoms with E-state index in [0.717, 1.165) is 22.6 Å². The molecule has 0 radical (unpaired) electrons. The van der Waals surface area contributed by atoms with Gasteiger partial charge in [0.15, 0.2) is 0 Å². The normalized spacial score (nSPS) is 17.8. The van der Waals surface area contributed by atoms with Crippen molar-refractivity contribution in [3.8, 4) is 0 Å². The topological polar surface area (TPSA) is 41.5 Å². The second-order valence-electron chi connectivity index (χ2n) is 5.00. The predicted octanol–water partition coefficient (Wildman–Crippen LogP) is 3.59. The van der Waals surface area contributed by atoms with Crippen molar-refractivity contribution in [2.45, 2.75) is 13.3 Å². The third kappa shape index (κ3) is 2.48. The van der Waals surface area contributed by atoms with E-state index in [-0.39, 0.29) is 11.8 Å². The van der Waals surface area contributed by atoms with Gasteiger partial charge in [-0.25, -0.2) is 0 Å². The number of rotatable bonds is 2. The summed E-state index contributed by atoms with van der Waals surface area (Å²) >= 11 is 0. The first kappa shape index (κ1) is 12.6. The fraction of sp³-hybridized carbons (Fsp3) is 0.176. The number of carbonyl (C=O) groups excluding carboxylic acids is 1. The summed E-state index contributed by atoms with van der Waals surface area (Å²) in [7, 11) is 0. The Morgan fingerprint density at radius 2 is 1.75 bits per heavy atom. The van der Waals surface area contributed by atoms with Gasteiger partial charge in [0.2, 0.25) is 5.91 Å². The van der Waals surface area contributed by atoms with Crippen molar-refractivity contribution < 1.29 is 4.79 Å². The third-order valence-corrected chi connectivity index (χ3v) is 3.56. The van der Waals surface area contributed by atoms with Gasteiger partial charge in [0, 0.05) is 5.71 Å². The number of nitrogens with one attached hydrogen (secondary N) is 1. The number of benzene rings is 2. The van der Waals surface area contributed by atoms with Crippen LogP contribution in [0.15, 0.2) is 59.6 Å². The Kier molecular flexibility index (Phi) is 3.33. The van der Waals surface area contributed by atoms with E-state index in [9.17, 15) is 4.79 Å². The number of amides is 1. The zero-order chi connectivity index (χ0) is 13.9. The van der Waals surface area contributed by atoms with Crippen LogP contribution in [-0.2, 0) is 11.2 Å². The Hall–Kier alpha value is -2.42. The summed E-state index contributed by atoms with van der Waals surface area (Å²) < 4.78 is 0. The number of para-hydroxylation sites is 2. The Labute approximate surface area is 118 Å². The van der Waals surface area contributed by atoms with Gasteiger partial charge in [0.1, 0.15) is 0 Å². The highest BCUT2D eigenvalue weighted by Gasteiger charge is 2.25. The minimum Gasteiger partial charge on any atom is -0.324 e. The zero-order valence-electron chi connectivity index (χ0n) is 11.3. The van der Waals surface area contributed by atoms with Crippen LogP contribution in [0.25, 0.3) is 0 Å². The fourth-order valence-corrected chi connectivity index (χ4v) is 2.44. The van der Waals surface area contributed by atoms with Gasteiger partial charge < -0.3 is 5.32 Å². The first-order valence-electron chi connectivity index (χ1n) is 6.73. The average Bonchev–Trinajstić information content (AvgIpc) is 2.58. The number of fused-ring (bicyclic) bond motifs is 1. The van der Waals surface area contributed by atoms with Gasteiger partial charge in [-0.2, -0.15) is 0 Å². The highest BCUT2D eigenvalue weighted by Crippen LogP contribution is 2.29. The summed E-state index contributed by atoms with van der Waals surface area (Å²) in [5, 5.41) is 2.97. The molecule has 3 nitrogen and oxygen atoms in total. The Morgan fingerprint density at radius 3 is 2.55 bits per heavy atom. The fourth-order valence-electron chi connectivity index (χ4n) is 2.44. The van der Waals surface area contributed by atoms with E-state index in [2.05, 4.69) is 10.3 Å². The molecule has 2 aromatic carbocycles. The van der Waals surface area contributed by atoms with E-state index < -0.39 is 0 Å². The van der Waals surface area contributed by atoms with Crippen molar-refractivity contribution in [2.75, 3.05) is 5.32 Å². The lowest BCUT2D eigenvalue weighted by Crippen LogP contribution is -2.28. The predicted molar refractivity (Wildman–Crippen MR) is 81.5 cm³/mol. The maximum absolute atomic E-state index is 12.4. The Balaban J connectivity index is 1.92. The van der Waals surface area contributed by atoms with Gasteiger partial charge in [-0.05, 0) is 31.0 Å². The number of hydrogen-bond donors (Lipinski definition) is 1. The molecule has 1 N–H and O–H groups in total. The number of carbonyl (C=O) groups is 1. The maximum atomic E-state index is 12.4. The van der Waals surface area contributed by atoms with Crippen LogP contribution in [0.3, 0.4) is 0 Å². The van der Waals surface area contributed by atoms with Crippen LogP contribution >= 0.6 is 0 Å². The van der Waals surface area contributed by atoms with Crippen molar-refractivity contribution >= 4 is 23.0 Å². The van der Waals surface area contributed by atoms with Gasteiger partial charge in [-0.1, -0.05) is 42.5 Å². The van der Waals surface area contributed by atoms with Gasteiger partial charge in [0.05, 0.1) is 17.3 Å². The van der Waals surface area contributed by atoms with E-state index in [0.29, 0.717) is 6.42 Å². The standard InChI is InChI=1S/C17H16N2O/c1-12-14(11-13-7-3-2-4-8-13)17(20)19-16-10-6-5-9-15(16)18-12/h2-10,14H,11H2,1H3,(H,19,20). The van der Waals surface area contributed by atoms with Crippen molar-refractivity contribution in [2.24, 2.45) is 10.9 Å². The third-order valence-electron chi connectivity index (χ3n) is 3.56. The molecule has 3 rings (SSSR count). The molecule has 1 heterocycles. The first-order valence-corrected chi connectivity index (χ1v) is 6.73. The van der Waals surface area contributed by atoms with E-state index in [1.54, 1.807) is 0 Å². The minimum absolute atomic E-state index is 0.0139. The summed E-state index contributed by atoms with van der Waals surface area (Å²) in [6.45, 7) is 1.93. The van der Waals surface area contributed by atoms with Crippen LogP contribution in [0.4, 0.5) is 11.4 Å². The number of hydrogen-bond acceptors (Lipinski definition) is 2. The number of anilines is 1. The van der Waals surface area contributed by atoms with Crippen LogP contribution in [0.5, 0.6) is 0 Å². The first-order chi connectivity index (χ1) is 9.74. The maximum Gasteiger partial charge on any atom is 0.233 e. The number of aliphatic imine (C=N–C) groups is 1. The largest absolute Gasteiger partial charge is 0.324 e. The summed E-state index contributed by atoms with van der Waals surface area (Å²) in [5.74, 6) is -0.204. The molecular weight excluding hydrogens is 248 g/mol. The van der Waals surface area contributed by atoms with Crippen molar-refractivity contribution in [1.29, 1.82) is 0 Å². The molecule has 1 amide bonds.